The van der Waals surface area contributed by atoms with Gasteiger partial charge in [0.05, 0.1) is 17.8 Å². The van der Waals surface area contributed by atoms with Gasteiger partial charge in [-0.25, -0.2) is 0 Å². The normalized spacial score (nSPS) is 11.2. The molecule has 0 fully saturated rings. The monoisotopic (exact) mass is 388 g/mol. The van der Waals surface area contributed by atoms with Gasteiger partial charge in [0.2, 0.25) is 0 Å². The van der Waals surface area contributed by atoms with Crippen LogP contribution in [0.5, 0.6) is 0 Å². The highest BCUT2D eigenvalue weighted by Crippen LogP contribution is 2.33. The number of benzene rings is 2. The summed E-state index contributed by atoms with van der Waals surface area (Å²) < 4.78 is 41.4. The predicted octanol–water partition coefficient (Wildman–Crippen LogP) is 5.11. The van der Waals surface area contributed by atoms with E-state index in [1.54, 1.807) is 54.6 Å². The van der Waals surface area contributed by atoms with E-state index in [4.69, 9.17) is 11.6 Å². The van der Waals surface area contributed by atoms with Crippen molar-refractivity contribution in [1.82, 2.24) is 4.57 Å². The van der Waals surface area contributed by atoms with Crippen LogP contribution in [0.3, 0.4) is 0 Å². The van der Waals surface area contributed by atoms with Crippen molar-refractivity contribution in [2.75, 3.05) is 0 Å². The van der Waals surface area contributed by atoms with E-state index in [-0.39, 0.29) is 12.2 Å². The summed E-state index contributed by atoms with van der Waals surface area (Å²) in [6.45, 7) is -0.0600. The van der Waals surface area contributed by atoms with Crippen molar-refractivity contribution in [1.29, 1.82) is 5.26 Å². The van der Waals surface area contributed by atoms with E-state index in [9.17, 15) is 23.2 Å². The van der Waals surface area contributed by atoms with Crippen LogP contribution in [0.4, 0.5) is 13.2 Å². The van der Waals surface area contributed by atoms with Crippen LogP contribution < -0.4 is 5.56 Å². The summed E-state index contributed by atoms with van der Waals surface area (Å²) in [6.07, 6.45) is -4.82. The maximum Gasteiger partial charge on any atom is 0.417 e. The third kappa shape index (κ3) is 3.74. The molecule has 0 atom stereocenters. The summed E-state index contributed by atoms with van der Waals surface area (Å²) in [5.74, 6) is 0. The van der Waals surface area contributed by atoms with Crippen molar-refractivity contribution in [3.8, 4) is 17.3 Å². The first kappa shape index (κ1) is 18.7. The number of rotatable bonds is 3. The first-order valence-electron chi connectivity index (χ1n) is 7.87. The van der Waals surface area contributed by atoms with Crippen molar-refractivity contribution < 1.29 is 13.2 Å². The second kappa shape index (κ2) is 7.29. The van der Waals surface area contributed by atoms with Crippen molar-refractivity contribution in [2.45, 2.75) is 12.7 Å². The molecule has 0 aliphatic carbocycles. The van der Waals surface area contributed by atoms with Crippen molar-refractivity contribution in [3.05, 3.63) is 92.7 Å². The fraction of sp³-hybridized carbons (Fsp3) is 0.100. The highest BCUT2D eigenvalue weighted by atomic mass is 35.5. The molecular weight excluding hydrogens is 377 g/mol. The zero-order chi connectivity index (χ0) is 19.6. The SMILES string of the molecule is N#Cc1c(C(F)(F)F)cc(-c2ccccc2)n(Cc2ccccc2Cl)c1=O. The summed E-state index contributed by atoms with van der Waals surface area (Å²) in [5.41, 5.74) is -2.14. The van der Waals surface area contributed by atoms with Gasteiger partial charge in [-0.15, -0.1) is 0 Å². The highest BCUT2D eigenvalue weighted by molar-refractivity contribution is 6.31. The van der Waals surface area contributed by atoms with Crippen molar-refractivity contribution in [3.63, 3.8) is 0 Å². The number of hydrogen-bond donors (Lipinski definition) is 0. The molecule has 2 aromatic carbocycles. The second-order valence-electron chi connectivity index (χ2n) is 5.78. The van der Waals surface area contributed by atoms with E-state index in [0.29, 0.717) is 16.1 Å². The van der Waals surface area contributed by atoms with Crippen LogP contribution in [-0.2, 0) is 12.7 Å². The molecule has 27 heavy (non-hydrogen) atoms. The van der Waals surface area contributed by atoms with Crippen LogP contribution in [0.1, 0.15) is 16.7 Å². The molecule has 3 rings (SSSR count). The summed E-state index contributed by atoms with van der Waals surface area (Å²) in [6, 6.07) is 17.2. The topological polar surface area (TPSA) is 45.8 Å². The van der Waals surface area contributed by atoms with Crippen LogP contribution in [0, 0.1) is 11.3 Å². The molecule has 0 unspecified atom stereocenters. The van der Waals surface area contributed by atoms with Gasteiger partial charge in [0.25, 0.3) is 5.56 Å². The summed E-state index contributed by atoms with van der Waals surface area (Å²) in [4.78, 5) is 12.8. The largest absolute Gasteiger partial charge is 0.417 e. The van der Waals surface area contributed by atoms with E-state index in [2.05, 4.69) is 0 Å². The smallest absolute Gasteiger partial charge is 0.303 e. The van der Waals surface area contributed by atoms with Gasteiger partial charge < -0.3 is 4.57 Å². The maximum absolute atomic E-state index is 13.4. The van der Waals surface area contributed by atoms with Gasteiger partial charge in [-0.2, -0.15) is 18.4 Å². The third-order valence-electron chi connectivity index (χ3n) is 4.07. The van der Waals surface area contributed by atoms with Gasteiger partial charge in [0.1, 0.15) is 11.6 Å². The summed E-state index contributed by atoms with van der Waals surface area (Å²) >= 11 is 6.14. The summed E-state index contributed by atoms with van der Waals surface area (Å²) in [5, 5.41) is 9.56. The van der Waals surface area contributed by atoms with Gasteiger partial charge >= 0.3 is 6.18 Å². The number of alkyl halides is 3. The fourth-order valence-electron chi connectivity index (χ4n) is 2.78. The number of hydrogen-bond acceptors (Lipinski definition) is 2. The van der Waals surface area contributed by atoms with E-state index < -0.39 is 22.9 Å². The van der Waals surface area contributed by atoms with E-state index in [1.807, 2.05) is 0 Å². The Kier molecular flexibility index (Phi) is 5.06. The molecule has 0 N–H and O–H groups in total. The molecule has 3 nitrogen and oxygen atoms in total. The Labute approximate surface area is 157 Å². The minimum Gasteiger partial charge on any atom is -0.303 e. The molecule has 0 aliphatic rings. The molecule has 0 bridgehead atoms. The van der Waals surface area contributed by atoms with E-state index >= 15 is 0 Å². The zero-order valence-corrected chi connectivity index (χ0v) is 14.6. The molecule has 0 radical (unpaired) electrons. The van der Waals surface area contributed by atoms with Crippen molar-refractivity contribution >= 4 is 11.6 Å². The molecule has 0 aliphatic heterocycles. The fourth-order valence-corrected chi connectivity index (χ4v) is 2.98. The molecule has 0 amide bonds. The van der Waals surface area contributed by atoms with Crippen molar-refractivity contribution in [2.24, 2.45) is 0 Å². The number of nitrogens with zero attached hydrogens (tertiary/aromatic N) is 2. The quantitative estimate of drug-likeness (QED) is 0.626. The molecular formula is C20H12ClF3N2O. The lowest BCUT2D eigenvalue weighted by Gasteiger charge is -2.18. The van der Waals surface area contributed by atoms with Gasteiger partial charge in [0, 0.05) is 5.02 Å². The van der Waals surface area contributed by atoms with E-state index in [0.717, 1.165) is 10.6 Å². The molecule has 0 spiro atoms. The average Bonchev–Trinajstić information content (AvgIpc) is 2.64. The van der Waals surface area contributed by atoms with Gasteiger partial charge in [-0.05, 0) is 23.3 Å². The van der Waals surface area contributed by atoms with Crippen LogP contribution in [0.25, 0.3) is 11.3 Å². The van der Waals surface area contributed by atoms with Crippen LogP contribution in [0.15, 0.2) is 65.5 Å². The minimum atomic E-state index is -4.82. The third-order valence-corrected chi connectivity index (χ3v) is 4.44. The number of aromatic nitrogens is 1. The Balaban J connectivity index is 2.33. The highest BCUT2D eigenvalue weighted by Gasteiger charge is 2.36. The second-order valence-corrected chi connectivity index (χ2v) is 6.18. The lowest BCUT2D eigenvalue weighted by Crippen LogP contribution is -2.28. The standard InChI is InChI=1S/C20H12ClF3N2O/c21-17-9-5-4-8-14(17)12-26-18(13-6-2-1-3-7-13)10-16(20(22,23)24)15(11-25)19(26)27/h1-10H,12H2. The minimum absolute atomic E-state index is 0.0600. The maximum atomic E-state index is 13.4. The Morgan fingerprint density at radius 2 is 1.67 bits per heavy atom. The first-order valence-corrected chi connectivity index (χ1v) is 8.24. The Bertz CT molecular complexity index is 1080. The number of pyridine rings is 1. The van der Waals surface area contributed by atoms with Crippen LogP contribution in [-0.4, -0.2) is 4.57 Å². The number of halogens is 4. The summed E-state index contributed by atoms with van der Waals surface area (Å²) in [7, 11) is 0. The van der Waals surface area contributed by atoms with Crippen LogP contribution in [0.2, 0.25) is 5.02 Å². The molecule has 136 valence electrons. The lowest BCUT2D eigenvalue weighted by molar-refractivity contribution is -0.137. The first-order chi connectivity index (χ1) is 12.8. The zero-order valence-electron chi connectivity index (χ0n) is 13.8. The van der Waals surface area contributed by atoms with Crippen LogP contribution >= 0.6 is 11.6 Å². The lowest BCUT2D eigenvalue weighted by atomic mass is 10.0. The Morgan fingerprint density at radius 1 is 1.04 bits per heavy atom. The molecule has 1 heterocycles. The molecule has 7 heteroatoms. The predicted molar refractivity (Wildman–Crippen MR) is 96.4 cm³/mol. The van der Waals surface area contributed by atoms with Gasteiger partial charge in [-0.1, -0.05) is 60.1 Å². The average molecular weight is 389 g/mol. The molecule has 1 aromatic heterocycles. The van der Waals surface area contributed by atoms with Gasteiger partial charge in [0.15, 0.2) is 0 Å². The molecule has 0 saturated heterocycles. The van der Waals surface area contributed by atoms with E-state index in [1.165, 1.54) is 6.07 Å². The molecule has 0 saturated carbocycles. The van der Waals surface area contributed by atoms with Gasteiger partial charge in [-0.3, -0.25) is 4.79 Å². The Morgan fingerprint density at radius 3 is 2.26 bits per heavy atom. The molecule has 3 aromatic rings. The Hall–Kier alpha value is -3.04. The number of nitriles is 1.